The molecule has 1 fully saturated rings. The summed E-state index contributed by atoms with van der Waals surface area (Å²) >= 11 is 1.66. The van der Waals surface area contributed by atoms with Crippen LogP contribution in [0.5, 0.6) is 0 Å². The van der Waals surface area contributed by atoms with Gasteiger partial charge in [0.2, 0.25) is 5.91 Å². The zero-order valence-corrected chi connectivity index (χ0v) is 12.7. The number of rotatable bonds is 4. The monoisotopic (exact) mass is 306 g/mol. The maximum absolute atomic E-state index is 12.0. The Labute approximate surface area is 127 Å². The molecular formula is C13H18N6OS. The standard InChI is InChI=1S/C13H18N6OS/c1-17-4-2-11(16-17)15-12(20)10-18-5-7-19(8-6-18)13-14-3-9-21-13/h2-4,9H,5-8,10H2,1H3,(H,15,16,20). The van der Waals surface area contributed by atoms with Crippen molar-refractivity contribution < 1.29 is 4.79 Å². The highest BCUT2D eigenvalue weighted by atomic mass is 32.1. The molecule has 112 valence electrons. The molecule has 3 rings (SSSR count). The molecule has 1 aliphatic heterocycles. The minimum Gasteiger partial charge on any atom is -0.346 e. The fourth-order valence-electron chi connectivity index (χ4n) is 2.34. The molecule has 21 heavy (non-hydrogen) atoms. The van der Waals surface area contributed by atoms with Gasteiger partial charge in [-0.1, -0.05) is 0 Å². The Kier molecular flexibility index (Phi) is 4.16. The van der Waals surface area contributed by atoms with Crippen LogP contribution in [0.4, 0.5) is 10.9 Å². The molecular weight excluding hydrogens is 288 g/mol. The van der Waals surface area contributed by atoms with Gasteiger partial charge in [0.25, 0.3) is 0 Å². The summed E-state index contributed by atoms with van der Waals surface area (Å²) in [7, 11) is 1.83. The first kappa shape index (κ1) is 14.0. The van der Waals surface area contributed by atoms with Crippen molar-refractivity contribution >= 4 is 28.2 Å². The van der Waals surface area contributed by atoms with E-state index in [4.69, 9.17) is 0 Å². The van der Waals surface area contributed by atoms with Gasteiger partial charge in [0.15, 0.2) is 10.9 Å². The van der Waals surface area contributed by atoms with Crippen molar-refractivity contribution in [2.45, 2.75) is 0 Å². The molecule has 0 aromatic carbocycles. The van der Waals surface area contributed by atoms with Gasteiger partial charge in [0, 0.05) is 57.1 Å². The molecule has 0 atom stereocenters. The van der Waals surface area contributed by atoms with Crippen LogP contribution in [0.3, 0.4) is 0 Å². The highest BCUT2D eigenvalue weighted by molar-refractivity contribution is 7.13. The molecule has 1 N–H and O–H groups in total. The molecule has 1 saturated heterocycles. The van der Waals surface area contributed by atoms with E-state index in [1.165, 1.54) is 0 Å². The number of carbonyl (C=O) groups is 1. The number of anilines is 2. The third kappa shape index (κ3) is 3.59. The number of piperazine rings is 1. The minimum absolute atomic E-state index is 0.0172. The van der Waals surface area contributed by atoms with E-state index < -0.39 is 0 Å². The Balaban J connectivity index is 1.45. The van der Waals surface area contributed by atoms with Gasteiger partial charge in [-0.2, -0.15) is 5.10 Å². The molecule has 1 aliphatic rings. The highest BCUT2D eigenvalue weighted by Gasteiger charge is 2.20. The molecule has 0 bridgehead atoms. The maximum atomic E-state index is 12.0. The summed E-state index contributed by atoms with van der Waals surface area (Å²) in [5.41, 5.74) is 0. The molecule has 2 aromatic rings. The van der Waals surface area contributed by atoms with Gasteiger partial charge in [-0.05, 0) is 0 Å². The van der Waals surface area contributed by atoms with Crippen LogP contribution >= 0.6 is 11.3 Å². The number of hydrogen-bond acceptors (Lipinski definition) is 6. The fourth-order valence-corrected chi connectivity index (χ4v) is 3.03. The van der Waals surface area contributed by atoms with Gasteiger partial charge >= 0.3 is 0 Å². The average Bonchev–Trinajstić information content (AvgIpc) is 3.11. The SMILES string of the molecule is Cn1ccc(NC(=O)CN2CCN(c3nccs3)CC2)n1. The van der Waals surface area contributed by atoms with Crippen molar-refractivity contribution in [2.24, 2.45) is 7.05 Å². The van der Waals surface area contributed by atoms with E-state index in [0.29, 0.717) is 12.4 Å². The molecule has 7 nitrogen and oxygen atoms in total. The van der Waals surface area contributed by atoms with E-state index in [1.54, 1.807) is 22.1 Å². The first-order valence-corrected chi connectivity index (χ1v) is 7.75. The molecule has 0 aliphatic carbocycles. The van der Waals surface area contributed by atoms with Crippen LogP contribution < -0.4 is 10.2 Å². The summed E-state index contributed by atoms with van der Waals surface area (Å²) in [6.07, 6.45) is 3.63. The average molecular weight is 306 g/mol. The van der Waals surface area contributed by atoms with E-state index in [-0.39, 0.29) is 5.91 Å². The van der Waals surface area contributed by atoms with E-state index >= 15 is 0 Å². The lowest BCUT2D eigenvalue weighted by atomic mass is 10.3. The van der Waals surface area contributed by atoms with Gasteiger partial charge in [-0.15, -0.1) is 11.3 Å². The number of thiazole rings is 1. The van der Waals surface area contributed by atoms with Crippen molar-refractivity contribution in [1.29, 1.82) is 0 Å². The van der Waals surface area contributed by atoms with Crippen molar-refractivity contribution in [3.63, 3.8) is 0 Å². The summed E-state index contributed by atoms with van der Waals surface area (Å²) in [6, 6.07) is 1.79. The number of aromatic nitrogens is 3. The van der Waals surface area contributed by atoms with Gasteiger partial charge in [0.1, 0.15) is 0 Å². The van der Waals surface area contributed by atoms with Crippen LogP contribution in [0.1, 0.15) is 0 Å². The Morgan fingerprint density at radius 3 is 2.81 bits per heavy atom. The van der Waals surface area contributed by atoms with Crippen LogP contribution in [-0.2, 0) is 11.8 Å². The normalized spacial score (nSPS) is 16.1. The van der Waals surface area contributed by atoms with Crippen LogP contribution in [0, 0.1) is 0 Å². The topological polar surface area (TPSA) is 66.3 Å². The van der Waals surface area contributed by atoms with E-state index in [9.17, 15) is 4.79 Å². The van der Waals surface area contributed by atoms with Gasteiger partial charge in [-0.25, -0.2) is 4.98 Å². The molecule has 8 heteroatoms. The molecule has 0 spiro atoms. The quantitative estimate of drug-likeness (QED) is 0.898. The Morgan fingerprint density at radius 2 is 2.19 bits per heavy atom. The molecule has 0 unspecified atom stereocenters. The Morgan fingerprint density at radius 1 is 1.38 bits per heavy atom. The Bertz CT molecular complexity index is 588. The number of aryl methyl sites for hydroxylation is 1. The summed E-state index contributed by atoms with van der Waals surface area (Å²) in [5, 5.41) is 10.0. The number of hydrogen-bond donors (Lipinski definition) is 1. The highest BCUT2D eigenvalue weighted by Crippen LogP contribution is 2.18. The predicted molar refractivity (Wildman–Crippen MR) is 82.6 cm³/mol. The predicted octanol–water partition coefficient (Wildman–Crippen LogP) is 0.637. The van der Waals surface area contributed by atoms with Gasteiger partial charge < -0.3 is 10.2 Å². The summed E-state index contributed by atoms with van der Waals surface area (Å²) < 4.78 is 1.67. The zero-order valence-electron chi connectivity index (χ0n) is 11.9. The van der Waals surface area contributed by atoms with Gasteiger partial charge in [-0.3, -0.25) is 14.4 Å². The lowest BCUT2D eigenvalue weighted by Gasteiger charge is -2.33. The zero-order chi connectivity index (χ0) is 14.7. The third-order valence-electron chi connectivity index (χ3n) is 3.41. The van der Waals surface area contributed by atoms with E-state index in [0.717, 1.165) is 31.3 Å². The second-order valence-corrected chi connectivity index (χ2v) is 5.87. The number of carbonyl (C=O) groups excluding carboxylic acids is 1. The second kappa shape index (κ2) is 6.23. The van der Waals surface area contributed by atoms with E-state index in [2.05, 4.69) is 25.2 Å². The van der Waals surface area contributed by atoms with Crippen LogP contribution in [-0.4, -0.2) is 58.3 Å². The fraction of sp³-hybridized carbons (Fsp3) is 0.462. The molecule has 0 saturated carbocycles. The first-order chi connectivity index (χ1) is 10.2. The van der Waals surface area contributed by atoms with Gasteiger partial charge in [0.05, 0.1) is 6.54 Å². The van der Waals surface area contributed by atoms with Crippen LogP contribution in [0.15, 0.2) is 23.8 Å². The van der Waals surface area contributed by atoms with Crippen molar-refractivity contribution in [3.8, 4) is 0 Å². The Hall–Kier alpha value is -1.93. The third-order valence-corrected chi connectivity index (χ3v) is 4.24. The van der Waals surface area contributed by atoms with Crippen molar-refractivity contribution in [3.05, 3.63) is 23.8 Å². The smallest absolute Gasteiger partial charge is 0.239 e. The molecule has 1 amide bonds. The summed E-state index contributed by atoms with van der Waals surface area (Å²) in [6.45, 7) is 3.96. The van der Waals surface area contributed by atoms with Crippen molar-refractivity contribution in [1.82, 2.24) is 19.7 Å². The number of amides is 1. The first-order valence-electron chi connectivity index (χ1n) is 6.87. The van der Waals surface area contributed by atoms with Crippen LogP contribution in [0.25, 0.3) is 0 Å². The maximum Gasteiger partial charge on any atom is 0.239 e. The molecule has 0 radical (unpaired) electrons. The minimum atomic E-state index is -0.0172. The second-order valence-electron chi connectivity index (χ2n) is 5.00. The molecule has 3 heterocycles. The van der Waals surface area contributed by atoms with E-state index in [1.807, 2.05) is 24.8 Å². The van der Waals surface area contributed by atoms with Crippen LogP contribution in [0.2, 0.25) is 0 Å². The number of nitrogens with one attached hydrogen (secondary N) is 1. The number of nitrogens with zero attached hydrogens (tertiary/aromatic N) is 5. The van der Waals surface area contributed by atoms with Crippen molar-refractivity contribution in [2.75, 3.05) is 42.9 Å². The largest absolute Gasteiger partial charge is 0.346 e. The summed E-state index contributed by atoms with van der Waals surface area (Å²) in [4.78, 5) is 20.7. The lowest BCUT2D eigenvalue weighted by molar-refractivity contribution is -0.117. The molecule has 2 aromatic heterocycles. The summed E-state index contributed by atoms with van der Waals surface area (Å²) in [5.74, 6) is 0.584. The lowest BCUT2D eigenvalue weighted by Crippen LogP contribution is -2.48.